The van der Waals surface area contributed by atoms with Crippen molar-refractivity contribution in [2.24, 2.45) is 0 Å². The van der Waals surface area contributed by atoms with E-state index in [2.05, 4.69) is 22.4 Å². The number of hydrogen-bond acceptors (Lipinski definition) is 4. The Kier molecular flexibility index (Phi) is 6.52. The van der Waals surface area contributed by atoms with E-state index in [4.69, 9.17) is 9.47 Å². The van der Waals surface area contributed by atoms with Crippen LogP contribution in [0.25, 0.3) is 10.8 Å². The van der Waals surface area contributed by atoms with Crippen LogP contribution in [0.3, 0.4) is 0 Å². The zero-order chi connectivity index (χ0) is 20.6. The zero-order valence-electron chi connectivity index (χ0n) is 16.6. The normalized spacial score (nSPS) is 10.8. The topological polar surface area (TPSA) is 43.4 Å². The third-order valence-corrected chi connectivity index (χ3v) is 4.81. The smallest absolute Gasteiger partial charge is 0.213 e. The standard InChI is InChI=1S/C25H23FN2O2/c26-23-10-4-2-8-20(23)18-30-24-13-12-19-7-1-3-9-21(19)22(24)17-27-15-16-29-25-11-5-6-14-28-25/h1-14,27H,15-18H2. The SMILES string of the molecule is Fc1ccccc1COc1ccc2ccccc2c1CNCCOc1ccccn1. The third kappa shape index (κ3) is 4.93. The molecule has 0 bridgehead atoms. The predicted octanol–water partition coefficient (Wildman–Crippen LogP) is 5.12. The van der Waals surface area contributed by atoms with Crippen LogP contribution in [0.1, 0.15) is 11.1 Å². The van der Waals surface area contributed by atoms with E-state index in [0.717, 1.165) is 22.1 Å². The molecule has 0 amide bonds. The number of ether oxygens (including phenoxy) is 2. The van der Waals surface area contributed by atoms with Crippen molar-refractivity contribution in [3.63, 3.8) is 0 Å². The lowest BCUT2D eigenvalue weighted by Crippen LogP contribution is -2.21. The maximum atomic E-state index is 14.0. The number of benzene rings is 3. The number of fused-ring (bicyclic) bond motifs is 1. The highest BCUT2D eigenvalue weighted by molar-refractivity contribution is 5.87. The van der Waals surface area contributed by atoms with Gasteiger partial charge in [0.1, 0.15) is 24.8 Å². The van der Waals surface area contributed by atoms with Crippen LogP contribution in [-0.2, 0) is 13.2 Å². The van der Waals surface area contributed by atoms with Crippen molar-refractivity contribution in [3.05, 3.63) is 102 Å². The van der Waals surface area contributed by atoms with Crippen molar-refractivity contribution in [1.29, 1.82) is 0 Å². The van der Waals surface area contributed by atoms with Gasteiger partial charge in [-0.15, -0.1) is 0 Å². The van der Waals surface area contributed by atoms with Gasteiger partial charge in [0, 0.05) is 36.5 Å². The second-order valence-electron chi connectivity index (χ2n) is 6.84. The Morgan fingerprint density at radius 1 is 0.833 bits per heavy atom. The minimum atomic E-state index is -0.260. The van der Waals surface area contributed by atoms with Crippen LogP contribution in [0.5, 0.6) is 11.6 Å². The molecule has 152 valence electrons. The number of hydrogen-bond donors (Lipinski definition) is 1. The number of nitrogens with one attached hydrogen (secondary N) is 1. The quantitative estimate of drug-likeness (QED) is 0.395. The van der Waals surface area contributed by atoms with E-state index < -0.39 is 0 Å². The molecule has 1 N–H and O–H groups in total. The van der Waals surface area contributed by atoms with Gasteiger partial charge in [-0.25, -0.2) is 9.37 Å². The van der Waals surface area contributed by atoms with Crippen molar-refractivity contribution in [1.82, 2.24) is 10.3 Å². The van der Waals surface area contributed by atoms with Gasteiger partial charge in [-0.05, 0) is 29.0 Å². The fourth-order valence-electron chi connectivity index (χ4n) is 3.28. The average molecular weight is 402 g/mol. The summed E-state index contributed by atoms with van der Waals surface area (Å²) in [6.45, 7) is 1.96. The first-order chi connectivity index (χ1) is 14.8. The third-order valence-electron chi connectivity index (χ3n) is 4.81. The summed E-state index contributed by atoms with van der Waals surface area (Å²) < 4.78 is 25.6. The van der Waals surface area contributed by atoms with Gasteiger partial charge < -0.3 is 14.8 Å². The molecule has 0 aliphatic rings. The molecular formula is C25H23FN2O2. The molecule has 30 heavy (non-hydrogen) atoms. The Morgan fingerprint density at radius 3 is 2.53 bits per heavy atom. The number of halogens is 1. The summed E-state index contributed by atoms with van der Waals surface area (Å²) in [5.74, 6) is 1.10. The molecular weight excluding hydrogens is 379 g/mol. The van der Waals surface area contributed by atoms with Gasteiger partial charge in [0.2, 0.25) is 5.88 Å². The molecule has 0 saturated carbocycles. The van der Waals surface area contributed by atoms with Crippen molar-refractivity contribution in [2.45, 2.75) is 13.2 Å². The van der Waals surface area contributed by atoms with Gasteiger partial charge >= 0.3 is 0 Å². The number of nitrogens with zero attached hydrogens (tertiary/aromatic N) is 1. The molecule has 4 rings (SSSR count). The van der Waals surface area contributed by atoms with Crippen molar-refractivity contribution in [2.75, 3.05) is 13.2 Å². The summed E-state index contributed by atoms with van der Waals surface area (Å²) >= 11 is 0. The van der Waals surface area contributed by atoms with Crippen LogP contribution >= 0.6 is 0 Å². The van der Waals surface area contributed by atoms with Gasteiger partial charge in [-0.1, -0.05) is 54.6 Å². The van der Waals surface area contributed by atoms with E-state index in [-0.39, 0.29) is 12.4 Å². The molecule has 4 nitrogen and oxygen atoms in total. The zero-order valence-corrected chi connectivity index (χ0v) is 16.6. The van der Waals surface area contributed by atoms with Gasteiger partial charge in [0.05, 0.1) is 0 Å². The largest absolute Gasteiger partial charge is 0.488 e. The molecule has 0 aliphatic carbocycles. The van der Waals surface area contributed by atoms with Crippen molar-refractivity contribution < 1.29 is 13.9 Å². The summed E-state index contributed by atoms with van der Waals surface area (Å²) in [5, 5.41) is 5.66. The summed E-state index contributed by atoms with van der Waals surface area (Å²) in [5.41, 5.74) is 1.58. The second-order valence-corrected chi connectivity index (χ2v) is 6.84. The molecule has 1 heterocycles. The van der Waals surface area contributed by atoms with E-state index in [1.54, 1.807) is 18.3 Å². The van der Waals surface area contributed by atoms with Gasteiger partial charge in [-0.3, -0.25) is 0 Å². The maximum Gasteiger partial charge on any atom is 0.213 e. The van der Waals surface area contributed by atoms with Crippen LogP contribution in [0.15, 0.2) is 85.1 Å². The molecule has 0 spiro atoms. The molecule has 0 radical (unpaired) electrons. The molecule has 0 fully saturated rings. The predicted molar refractivity (Wildman–Crippen MR) is 116 cm³/mol. The average Bonchev–Trinajstić information content (AvgIpc) is 2.79. The minimum absolute atomic E-state index is 0.181. The van der Waals surface area contributed by atoms with Crippen LogP contribution in [0.2, 0.25) is 0 Å². The molecule has 3 aromatic carbocycles. The fourth-order valence-corrected chi connectivity index (χ4v) is 3.28. The van der Waals surface area contributed by atoms with Gasteiger partial charge in [-0.2, -0.15) is 0 Å². The van der Waals surface area contributed by atoms with Crippen LogP contribution in [0.4, 0.5) is 4.39 Å². The first-order valence-corrected chi connectivity index (χ1v) is 9.92. The van der Waals surface area contributed by atoms with Gasteiger partial charge in [0.15, 0.2) is 0 Å². The van der Waals surface area contributed by atoms with E-state index in [1.165, 1.54) is 6.07 Å². The molecule has 0 aliphatic heterocycles. The van der Waals surface area contributed by atoms with Crippen LogP contribution in [0, 0.1) is 5.82 Å². The minimum Gasteiger partial charge on any atom is -0.488 e. The van der Waals surface area contributed by atoms with Crippen LogP contribution < -0.4 is 14.8 Å². The lowest BCUT2D eigenvalue weighted by atomic mass is 10.0. The highest BCUT2D eigenvalue weighted by atomic mass is 19.1. The Labute approximate surface area is 175 Å². The van der Waals surface area contributed by atoms with E-state index in [1.807, 2.05) is 48.5 Å². The Bertz CT molecular complexity index is 1100. The molecule has 0 saturated heterocycles. The van der Waals surface area contributed by atoms with E-state index in [0.29, 0.717) is 31.1 Å². The Morgan fingerprint density at radius 2 is 1.67 bits per heavy atom. The number of aromatic nitrogens is 1. The Balaban J connectivity index is 1.44. The van der Waals surface area contributed by atoms with E-state index in [9.17, 15) is 4.39 Å². The first-order valence-electron chi connectivity index (χ1n) is 9.92. The molecule has 0 unspecified atom stereocenters. The summed E-state index contributed by atoms with van der Waals surface area (Å²) in [7, 11) is 0. The fraction of sp³-hybridized carbons (Fsp3) is 0.160. The lowest BCUT2D eigenvalue weighted by Gasteiger charge is -2.15. The first kappa shape index (κ1) is 19.9. The number of pyridine rings is 1. The lowest BCUT2D eigenvalue weighted by molar-refractivity contribution is 0.292. The van der Waals surface area contributed by atoms with Gasteiger partial charge in [0.25, 0.3) is 0 Å². The molecule has 4 aromatic rings. The van der Waals surface area contributed by atoms with E-state index >= 15 is 0 Å². The number of rotatable bonds is 9. The summed E-state index contributed by atoms with van der Waals surface area (Å²) in [4.78, 5) is 4.15. The molecule has 5 heteroatoms. The maximum absolute atomic E-state index is 14.0. The highest BCUT2D eigenvalue weighted by Crippen LogP contribution is 2.29. The summed E-state index contributed by atoms with van der Waals surface area (Å²) in [6.07, 6.45) is 1.71. The molecule has 0 atom stereocenters. The monoisotopic (exact) mass is 402 g/mol. The van der Waals surface area contributed by atoms with Crippen LogP contribution in [-0.4, -0.2) is 18.1 Å². The summed E-state index contributed by atoms with van der Waals surface area (Å²) in [6, 6.07) is 24.4. The van der Waals surface area contributed by atoms with Crippen molar-refractivity contribution in [3.8, 4) is 11.6 Å². The van der Waals surface area contributed by atoms with Crippen molar-refractivity contribution >= 4 is 10.8 Å². The second kappa shape index (κ2) is 9.85. The Hall–Kier alpha value is -3.44. The molecule has 1 aromatic heterocycles. The highest BCUT2D eigenvalue weighted by Gasteiger charge is 2.10.